The van der Waals surface area contributed by atoms with Gasteiger partial charge in [-0.1, -0.05) is 0 Å². The van der Waals surface area contributed by atoms with Gasteiger partial charge in [-0.2, -0.15) is 0 Å². The van der Waals surface area contributed by atoms with Crippen molar-refractivity contribution in [3.05, 3.63) is 0 Å². The van der Waals surface area contributed by atoms with E-state index in [1.165, 1.54) is 103 Å². The normalized spacial score (nSPS) is 12.3. The first-order valence-electron chi connectivity index (χ1n) is 18.9. The SMILES string of the molecule is CCCC[PH](CCCC)(CCCC)CCCC.CCCC[PH](CCCC)(CCCC)CCCC.Cl.O=C(O)CNCP(=O)(O)O. The summed E-state index contributed by atoms with van der Waals surface area (Å²) in [4.78, 5) is 26.1. The van der Waals surface area contributed by atoms with E-state index in [1.807, 2.05) is 0 Å². The Morgan fingerprint density at radius 3 is 0.844 bits per heavy atom. The van der Waals surface area contributed by atoms with Gasteiger partial charge in [0.2, 0.25) is 0 Å². The van der Waals surface area contributed by atoms with E-state index in [9.17, 15) is 9.36 Å². The maximum absolute atomic E-state index is 10.1. The number of hydrogen-bond acceptors (Lipinski definition) is 3. The van der Waals surface area contributed by atoms with Gasteiger partial charge in [0.1, 0.15) is 0 Å². The van der Waals surface area contributed by atoms with Crippen LogP contribution in [0.15, 0.2) is 0 Å². The molecule has 0 aromatic heterocycles. The van der Waals surface area contributed by atoms with Crippen molar-refractivity contribution >= 4 is 40.5 Å². The third kappa shape index (κ3) is 35.8. The average Bonchev–Trinajstić information content (AvgIpc) is 2.99. The summed E-state index contributed by atoms with van der Waals surface area (Å²) in [5, 5.41) is 10.1. The second-order valence-electron chi connectivity index (χ2n) is 13.5. The fourth-order valence-electron chi connectivity index (χ4n) is 6.22. The van der Waals surface area contributed by atoms with Gasteiger partial charge in [-0.05, 0) is 0 Å². The molecule has 0 heterocycles. The maximum atomic E-state index is 10.1. The van der Waals surface area contributed by atoms with Crippen LogP contribution in [0.25, 0.3) is 0 Å². The number of carboxylic acid groups (broad SMARTS) is 1. The molecule has 0 atom stereocenters. The van der Waals surface area contributed by atoms with Gasteiger partial charge in [0.05, 0.1) is 12.8 Å². The number of nitrogens with one attached hydrogen (secondary N) is 1. The minimum Gasteiger partial charge on any atom is -0.480 e. The molecule has 0 fully saturated rings. The second kappa shape index (κ2) is 36.0. The molecule has 0 bridgehead atoms. The second-order valence-corrected chi connectivity index (χ2v) is 25.1. The molecule has 0 saturated carbocycles. The van der Waals surface area contributed by atoms with Crippen LogP contribution in [0, 0.1) is 0 Å². The van der Waals surface area contributed by atoms with Crippen LogP contribution in [0.3, 0.4) is 0 Å². The number of carbonyl (C=O) groups is 1. The number of aliphatic carboxylic acids is 1. The van der Waals surface area contributed by atoms with Crippen LogP contribution < -0.4 is 5.32 Å². The Balaban J connectivity index is -0.000000287. The summed E-state index contributed by atoms with van der Waals surface area (Å²) in [5.74, 6) is -1.14. The van der Waals surface area contributed by atoms with Gasteiger partial charge in [-0.25, -0.2) is 0 Å². The third-order valence-corrected chi connectivity index (χ3v) is 21.0. The molecule has 45 heavy (non-hydrogen) atoms. The van der Waals surface area contributed by atoms with E-state index in [0.717, 1.165) is 0 Å². The van der Waals surface area contributed by atoms with Crippen molar-refractivity contribution in [3.63, 3.8) is 0 Å². The minimum absolute atomic E-state index is 0. The zero-order valence-corrected chi connectivity index (χ0v) is 35.1. The van der Waals surface area contributed by atoms with Crippen molar-refractivity contribution in [1.29, 1.82) is 0 Å². The molecule has 10 heteroatoms. The monoisotopic (exact) mass is 726 g/mol. The van der Waals surface area contributed by atoms with Crippen LogP contribution in [0.1, 0.15) is 158 Å². The Kier molecular flexibility index (Phi) is 42.1. The predicted molar refractivity (Wildman–Crippen MR) is 215 cm³/mol. The molecule has 0 saturated heterocycles. The van der Waals surface area contributed by atoms with E-state index >= 15 is 0 Å². The van der Waals surface area contributed by atoms with E-state index in [2.05, 4.69) is 60.7 Å². The van der Waals surface area contributed by atoms with Crippen molar-refractivity contribution in [1.82, 2.24) is 5.32 Å². The summed E-state index contributed by atoms with van der Waals surface area (Å²) in [7, 11) is -5.86. The number of rotatable bonds is 28. The Bertz CT molecular complexity index is 556. The summed E-state index contributed by atoms with van der Waals surface area (Å²) < 4.78 is 10.1. The molecule has 6 nitrogen and oxygen atoms in total. The molecule has 0 unspecified atom stereocenters. The van der Waals surface area contributed by atoms with Gasteiger partial charge in [0, 0.05) is 0 Å². The molecular weight excluding hydrogens is 643 g/mol. The van der Waals surface area contributed by atoms with Crippen molar-refractivity contribution < 1.29 is 24.3 Å². The van der Waals surface area contributed by atoms with E-state index in [4.69, 9.17) is 14.9 Å². The van der Waals surface area contributed by atoms with Crippen LogP contribution in [-0.2, 0) is 9.36 Å². The summed E-state index contributed by atoms with van der Waals surface area (Å²) in [6.45, 7) is 18.4. The molecular formula is C35H83ClNO5P3. The topological polar surface area (TPSA) is 107 Å². The summed E-state index contributed by atoms with van der Waals surface area (Å²) in [6, 6.07) is 0. The van der Waals surface area contributed by atoms with E-state index < -0.39 is 40.9 Å². The maximum Gasteiger partial charge on any atom is 0.339 e. The largest absolute Gasteiger partial charge is 0.480 e. The summed E-state index contributed by atoms with van der Waals surface area (Å²) >= 11 is 0. The average molecular weight is 726 g/mol. The summed E-state index contributed by atoms with van der Waals surface area (Å²) in [5.41, 5.74) is 0. The first-order valence-corrected chi connectivity index (χ1v) is 26.3. The molecule has 4 N–H and O–H groups in total. The number of unbranched alkanes of at least 4 members (excludes halogenated alkanes) is 8. The van der Waals surface area contributed by atoms with E-state index in [1.54, 1.807) is 49.3 Å². The third-order valence-electron chi connectivity index (χ3n) is 9.08. The zero-order valence-electron chi connectivity index (χ0n) is 31.4. The molecule has 0 aromatic carbocycles. The smallest absolute Gasteiger partial charge is 0.339 e. The van der Waals surface area contributed by atoms with Gasteiger partial charge in [-0.3, -0.25) is 14.7 Å². The molecule has 0 spiro atoms. The van der Waals surface area contributed by atoms with Crippen LogP contribution in [-0.4, -0.2) is 83.0 Å². The number of carboxylic acids is 1. The Labute approximate surface area is 289 Å². The molecule has 0 aliphatic carbocycles. The Morgan fingerprint density at radius 2 is 0.711 bits per heavy atom. The van der Waals surface area contributed by atoms with Gasteiger partial charge in [-0.15, -0.1) is 12.4 Å². The van der Waals surface area contributed by atoms with Crippen molar-refractivity contribution in [2.75, 3.05) is 62.1 Å². The molecule has 0 aromatic rings. The van der Waals surface area contributed by atoms with Crippen LogP contribution in [0.4, 0.5) is 0 Å². The minimum atomic E-state index is -4.10. The van der Waals surface area contributed by atoms with Gasteiger partial charge in [0.25, 0.3) is 0 Å². The number of hydrogen-bond donors (Lipinski definition) is 4. The van der Waals surface area contributed by atoms with Crippen LogP contribution >= 0.6 is 34.5 Å². The van der Waals surface area contributed by atoms with Crippen LogP contribution in [0.2, 0.25) is 0 Å². The predicted octanol–water partition coefficient (Wildman–Crippen LogP) is 11.1. The standard InChI is InChI=1S/2C16H37P.C3H8NO5P.ClH/c2*1-5-9-13-17(14-10-6-2,15-11-7-3)16-12-8-4;5-3(6)1-4-2-10(7,8)9;/h2*17H,5-16H2,1-4H3;4H,1-2H2,(H,5,6)(H2,7,8,9);1H. The molecule has 280 valence electrons. The molecule has 0 aliphatic rings. The Hall–Kier alpha value is 0.730. The molecule has 0 radical (unpaired) electrons. The summed E-state index contributed by atoms with van der Waals surface area (Å²) in [6.07, 6.45) is 35.7. The zero-order chi connectivity index (χ0) is 34.2. The first-order chi connectivity index (χ1) is 20.9. The van der Waals surface area contributed by atoms with Crippen molar-refractivity contribution in [3.8, 4) is 0 Å². The quantitative estimate of drug-likeness (QED) is 0.0598. The first kappa shape index (κ1) is 52.5. The number of halogens is 1. The van der Waals surface area contributed by atoms with Gasteiger partial charge < -0.3 is 14.9 Å². The van der Waals surface area contributed by atoms with Crippen LogP contribution in [0.5, 0.6) is 0 Å². The van der Waals surface area contributed by atoms with Gasteiger partial charge >= 0.3 is 236 Å². The molecule has 0 aliphatic heterocycles. The fraction of sp³-hybridized carbons (Fsp3) is 0.971. The molecule has 0 rings (SSSR count). The molecule has 0 amide bonds. The van der Waals surface area contributed by atoms with E-state index in [-0.39, 0.29) is 12.4 Å². The Morgan fingerprint density at radius 1 is 0.511 bits per heavy atom. The van der Waals surface area contributed by atoms with Crippen molar-refractivity contribution in [2.24, 2.45) is 0 Å². The van der Waals surface area contributed by atoms with E-state index in [0.29, 0.717) is 0 Å². The van der Waals surface area contributed by atoms with Gasteiger partial charge in [0.15, 0.2) is 0 Å². The fourth-order valence-corrected chi connectivity index (χ4v) is 18.5. The van der Waals surface area contributed by atoms with Crippen molar-refractivity contribution in [2.45, 2.75) is 158 Å².